The molecule has 9 heteroatoms. The predicted octanol–water partition coefficient (Wildman–Crippen LogP) is 4.41. The van der Waals surface area contributed by atoms with Crippen molar-refractivity contribution in [2.45, 2.75) is 11.4 Å². The highest BCUT2D eigenvalue weighted by Crippen LogP contribution is 2.25. The summed E-state index contributed by atoms with van der Waals surface area (Å²) in [4.78, 5) is 13.3. The van der Waals surface area contributed by atoms with Gasteiger partial charge in [0.1, 0.15) is 0 Å². The van der Waals surface area contributed by atoms with Crippen LogP contribution in [0.3, 0.4) is 0 Å². The van der Waals surface area contributed by atoms with Gasteiger partial charge in [0.15, 0.2) is 5.11 Å². The summed E-state index contributed by atoms with van der Waals surface area (Å²) in [6.07, 6.45) is 0. The van der Waals surface area contributed by atoms with E-state index in [1.54, 1.807) is 24.3 Å². The Morgan fingerprint density at radius 2 is 1.38 bits per heavy atom. The number of sulfonamides is 1. The number of rotatable bonds is 6. The Kier molecular flexibility index (Phi) is 6.80. The van der Waals surface area contributed by atoms with Gasteiger partial charge in [-0.3, -0.25) is 9.52 Å². The lowest BCUT2D eigenvalue weighted by atomic mass is 10.1. The van der Waals surface area contributed by atoms with E-state index in [0.717, 1.165) is 16.5 Å². The normalized spacial score (nSPS) is 11.2. The van der Waals surface area contributed by atoms with Crippen molar-refractivity contribution in [1.82, 2.24) is 19.8 Å². The minimum absolute atomic E-state index is 0.00662. The van der Waals surface area contributed by atoms with Gasteiger partial charge in [0.05, 0.1) is 21.7 Å². The van der Waals surface area contributed by atoms with Crippen LogP contribution in [0.15, 0.2) is 119 Å². The van der Waals surface area contributed by atoms with Gasteiger partial charge < -0.3 is 5.32 Å². The van der Waals surface area contributed by atoms with E-state index in [2.05, 4.69) is 15.1 Å². The van der Waals surface area contributed by atoms with Crippen molar-refractivity contribution in [2.24, 2.45) is 0 Å². The highest BCUT2D eigenvalue weighted by atomic mass is 32.2. The van der Waals surface area contributed by atoms with Crippen LogP contribution in [0.1, 0.15) is 5.56 Å². The second-order valence-corrected chi connectivity index (χ2v) is 10.3. The molecule has 4 aromatic carbocycles. The molecule has 0 spiro atoms. The summed E-state index contributed by atoms with van der Waals surface area (Å²) in [6.45, 7) is 0.390. The maximum absolute atomic E-state index is 13.3. The number of hydrogen-bond donors (Lipinski definition) is 2. The van der Waals surface area contributed by atoms with Gasteiger partial charge in [0, 0.05) is 17.5 Å². The van der Waals surface area contributed by atoms with Crippen molar-refractivity contribution in [3.05, 3.63) is 125 Å². The molecule has 0 atom stereocenters. The first-order valence-electron chi connectivity index (χ1n) is 11.4. The van der Waals surface area contributed by atoms with Crippen LogP contribution < -0.4 is 15.6 Å². The van der Waals surface area contributed by atoms with Crippen LogP contribution in [0.25, 0.3) is 27.7 Å². The van der Waals surface area contributed by atoms with Crippen molar-refractivity contribution in [2.75, 3.05) is 0 Å². The number of benzene rings is 4. The quantitative estimate of drug-likeness (QED) is 0.319. The number of nitrogens with one attached hydrogen (secondary N) is 2. The Morgan fingerprint density at radius 1 is 0.784 bits per heavy atom. The van der Waals surface area contributed by atoms with Crippen LogP contribution in [-0.4, -0.2) is 23.3 Å². The van der Waals surface area contributed by atoms with Crippen LogP contribution >= 0.6 is 12.2 Å². The Hall–Kier alpha value is -4.34. The van der Waals surface area contributed by atoms with Gasteiger partial charge in [-0.15, -0.1) is 0 Å². The van der Waals surface area contributed by atoms with E-state index in [1.165, 1.54) is 16.8 Å². The summed E-state index contributed by atoms with van der Waals surface area (Å²) >= 11 is 5.17. The molecule has 37 heavy (non-hydrogen) atoms. The van der Waals surface area contributed by atoms with Gasteiger partial charge in [0.2, 0.25) is 0 Å². The van der Waals surface area contributed by atoms with Gasteiger partial charge in [-0.25, -0.2) is 8.42 Å². The number of thiocarbonyl (C=S) groups is 1. The van der Waals surface area contributed by atoms with Gasteiger partial charge >= 0.3 is 0 Å². The molecule has 7 nitrogen and oxygen atoms in total. The van der Waals surface area contributed by atoms with E-state index in [-0.39, 0.29) is 15.6 Å². The van der Waals surface area contributed by atoms with Crippen molar-refractivity contribution >= 4 is 38.1 Å². The standard InChI is InChI=1S/C28H22N4O3S2/c33-27-25-14-8-7-13-24(25)26(21-11-5-2-6-12-21)30-32(27)22-15-17-23(18-16-22)37(34,35)31-28(36)29-19-20-9-3-1-4-10-20/h1-18H,19H2,(H2,29,31,36). The zero-order chi connectivity index (χ0) is 25.8. The largest absolute Gasteiger partial charge is 0.358 e. The fourth-order valence-electron chi connectivity index (χ4n) is 3.94. The van der Waals surface area contributed by atoms with E-state index in [1.807, 2.05) is 72.8 Å². The van der Waals surface area contributed by atoms with Crippen molar-refractivity contribution in [3.8, 4) is 16.9 Å². The van der Waals surface area contributed by atoms with Gasteiger partial charge in [-0.2, -0.15) is 9.78 Å². The molecule has 0 bridgehead atoms. The average Bonchev–Trinajstić information content (AvgIpc) is 2.93. The fourth-order valence-corrected chi connectivity index (χ4v) is 5.27. The lowest BCUT2D eigenvalue weighted by molar-refractivity contribution is 0.592. The van der Waals surface area contributed by atoms with Crippen molar-refractivity contribution in [3.63, 3.8) is 0 Å². The average molecular weight is 527 g/mol. The first kappa shape index (κ1) is 24.4. The lowest BCUT2D eigenvalue weighted by Crippen LogP contribution is -2.38. The lowest BCUT2D eigenvalue weighted by Gasteiger charge is -2.13. The molecule has 1 heterocycles. The van der Waals surface area contributed by atoms with E-state index in [4.69, 9.17) is 12.2 Å². The molecule has 0 aliphatic heterocycles. The third-order valence-corrected chi connectivity index (χ3v) is 7.51. The number of fused-ring (bicyclic) bond motifs is 1. The molecule has 5 rings (SSSR count). The molecule has 0 saturated carbocycles. The first-order chi connectivity index (χ1) is 17.9. The molecule has 0 saturated heterocycles. The minimum Gasteiger partial charge on any atom is -0.358 e. The number of nitrogens with zero attached hydrogens (tertiary/aromatic N) is 2. The summed E-state index contributed by atoms with van der Waals surface area (Å²) in [5.74, 6) is 0. The fraction of sp³-hybridized carbons (Fsp3) is 0.0357. The number of hydrogen-bond acceptors (Lipinski definition) is 5. The minimum atomic E-state index is -3.92. The van der Waals surface area contributed by atoms with Gasteiger partial charge in [-0.05, 0) is 48.1 Å². The predicted molar refractivity (Wildman–Crippen MR) is 149 cm³/mol. The molecule has 0 fully saturated rings. The van der Waals surface area contributed by atoms with Crippen molar-refractivity contribution < 1.29 is 8.42 Å². The van der Waals surface area contributed by atoms with Crippen LogP contribution in [-0.2, 0) is 16.6 Å². The Labute approximate surface area is 219 Å². The van der Waals surface area contributed by atoms with Crippen LogP contribution in [0.4, 0.5) is 0 Å². The van der Waals surface area contributed by atoms with Crippen molar-refractivity contribution in [1.29, 1.82) is 0 Å². The topological polar surface area (TPSA) is 93.1 Å². The van der Waals surface area contributed by atoms with Gasteiger partial charge in [0.25, 0.3) is 15.6 Å². The Bertz CT molecular complexity index is 1740. The maximum atomic E-state index is 13.3. The van der Waals surface area contributed by atoms with E-state index >= 15 is 0 Å². The molecule has 184 valence electrons. The van der Waals surface area contributed by atoms with Crippen LogP contribution in [0, 0.1) is 0 Å². The summed E-state index contributed by atoms with van der Waals surface area (Å²) < 4.78 is 29.4. The molecule has 0 aliphatic carbocycles. The summed E-state index contributed by atoms with van der Waals surface area (Å²) in [7, 11) is -3.92. The first-order valence-corrected chi connectivity index (χ1v) is 13.3. The maximum Gasteiger partial charge on any atom is 0.279 e. The van der Waals surface area contributed by atoms with E-state index in [9.17, 15) is 13.2 Å². The Morgan fingerprint density at radius 3 is 2.05 bits per heavy atom. The van der Waals surface area contributed by atoms with Gasteiger partial charge in [-0.1, -0.05) is 78.9 Å². The third kappa shape index (κ3) is 5.28. The van der Waals surface area contributed by atoms with E-state index < -0.39 is 10.0 Å². The molecule has 2 N–H and O–H groups in total. The Balaban J connectivity index is 1.42. The SMILES string of the molecule is O=c1c2ccccc2c(-c2ccccc2)nn1-c1ccc(S(=O)(=O)NC(=S)NCc2ccccc2)cc1. The molecule has 0 unspecified atom stereocenters. The molecule has 0 radical (unpaired) electrons. The molecule has 0 amide bonds. The van der Waals surface area contributed by atoms with Crippen LogP contribution in [0.5, 0.6) is 0 Å². The van der Waals surface area contributed by atoms with Crippen LogP contribution in [0.2, 0.25) is 0 Å². The summed E-state index contributed by atoms with van der Waals surface area (Å²) in [5, 5.41) is 8.79. The zero-order valence-corrected chi connectivity index (χ0v) is 21.2. The second-order valence-electron chi connectivity index (χ2n) is 8.24. The molecular formula is C28H22N4O3S2. The second kappa shape index (κ2) is 10.3. The molecular weight excluding hydrogens is 504 g/mol. The summed E-state index contributed by atoms with van der Waals surface area (Å²) in [5.41, 5.74) is 2.64. The monoisotopic (exact) mass is 526 g/mol. The molecule has 1 aromatic heterocycles. The highest BCUT2D eigenvalue weighted by molar-refractivity contribution is 7.91. The third-order valence-electron chi connectivity index (χ3n) is 5.77. The zero-order valence-electron chi connectivity index (χ0n) is 19.5. The molecule has 0 aliphatic rings. The molecule has 5 aromatic rings. The summed E-state index contributed by atoms with van der Waals surface area (Å²) in [6, 6.07) is 32.3. The highest BCUT2D eigenvalue weighted by Gasteiger charge is 2.17. The van der Waals surface area contributed by atoms with E-state index in [0.29, 0.717) is 23.3 Å². The smallest absolute Gasteiger partial charge is 0.279 e. The number of aromatic nitrogens is 2.